The van der Waals surface area contributed by atoms with E-state index in [1.165, 1.54) is 9.09 Å². The second-order valence-electron chi connectivity index (χ2n) is 7.53. The molecular weight excluding hydrogens is 490 g/mol. The average Bonchev–Trinajstić information content (AvgIpc) is 3.17. The fourth-order valence-electron chi connectivity index (χ4n) is 4.34. The van der Waals surface area contributed by atoms with Crippen molar-refractivity contribution >= 4 is 50.5 Å². The van der Waals surface area contributed by atoms with Crippen molar-refractivity contribution < 1.29 is 4.79 Å². The number of thiophene rings is 1. The highest BCUT2D eigenvalue weighted by Gasteiger charge is 2.41. The maximum atomic E-state index is 13.3. The maximum Gasteiger partial charge on any atom is 0.161 e. The number of Topliss-reactive ketones (excluding diaryl/α,β-unsaturated/α-hetero) is 1. The lowest BCUT2D eigenvalue weighted by Crippen LogP contribution is -2.38. The van der Waals surface area contributed by atoms with Crippen molar-refractivity contribution in [3.8, 4) is 6.07 Å². The highest BCUT2D eigenvalue weighted by Crippen LogP contribution is 2.50. The van der Waals surface area contributed by atoms with Gasteiger partial charge >= 0.3 is 0 Å². The summed E-state index contributed by atoms with van der Waals surface area (Å²) in [5.74, 6) is 1.12. The number of ketones is 1. The Morgan fingerprint density at radius 2 is 2.03 bits per heavy atom. The molecule has 2 aliphatic rings. The summed E-state index contributed by atoms with van der Waals surface area (Å²) in [5.41, 5.74) is 10.8. The van der Waals surface area contributed by atoms with Gasteiger partial charge in [0.05, 0.1) is 21.8 Å². The molecule has 0 spiro atoms. The van der Waals surface area contributed by atoms with Gasteiger partial charge in [-0.3, -0.25) is 9.69 Å². The Balaban J connectivity index is 1.96. The number of anilines is 1. The van der Waals surface area contributed by atoms with Crippen LogP contribution in [0.1, 0.15) is 49.5 Å². The van der Waals surface area contributed by atoms with E-state index >= 15 is 0 Å². The smallest absolute Gasteiger partial charge is 0.161 e. The molecular formula is C24H24BrN3OS2. The molecule has 4 nitrogen and oxygen atoms in total. The largest absolute Gasteiger partial charge is 0.384 e. The number of carbonyl (C=O) groups excluding carboxylic acids is 1. The van der Waals surface area contributed by atoms with E-state index in [4.69, 9.17) is 5.73 Å². The zero-order valence-corrected chi connectivity index (χ0v) is 20.8. The number of benzene rings is 1. The van der Waals surface area contributed by atoms with Crippen LogP contribution in [0, 0.1) is 11.3 Å². The molecule has 4 rings (SSSR count). The molecule has 31 heavy (non-hydrogen) atoms. The topological polar surface area (TPSA) is 70.1 Å². The average molecular weight is 515 g/mol. The van der Waals surface area contributed by atoms with Gasteiger partial charge in [-0.2, -0.15) is 5.26 Å². The van der Waals surface area contributed by atoms with E-state index in [2.05, 4.69) is 41.9 Å². The molecule has 2 N–H and O–H groups in total. The molecule has 0 fully saturated rings. The summed E-state index contributed by atoms with van der Waals surface area (Å²) in [6.45, 7) is 4.26. The molecule has 2 aromatic rings. The second kappa shape index (κ2) is 9.23. The minimum absolute atomic E-state index is 0.130. The lowest BCUT2D eigenvalue weighted by molar-refractivity contribution is -0.116. The van der Waals surface area contributed by atoms with E-state index in [9.17, 15) is 10.1 Å². The van der Waals surface area contributed by atoms with Crippen molar-refractivity contribution in [3.05, 3.63) is 67.9 Å². The summed E-state index contributed by atoms with van der Waals surface area (Å²) >= 11 is 7.03. The van der Waals surface area contributed by atoms with E-state index in [1.807, 2.05) is 29.2 Å². The van der Waals surface area contributed by atoms with Crippen LogP contribution in [0.4, 0.5) is 5.69 Å². The molecule has 0 amide bonds. The summed E-state index contributed by atoms with van der Waals surface area (Å²) < 4.78 is 2.15. The molecule has 0 unspecified atom stereocenters. The Morgan fingerprint density at radius 3 is 2.68 bits per heavy atom. The number of hydrogen-bond acceptors (Lipinski definition) is 6. The van der Waals surface area contributed by atoms with Crippen molar-refractivity contribution in [2.45, 2.75) is 49.7 Å². The van der Waals surface area contributed by atoms with Crippen LogP contribution < -0.4 is 10.6 Å². The molecule has 160 valence electrons. The maximum absolute atomic E-state index is 13.3. The minimum Gasteiger partial charge on any atom is -0.384 e. The van der Waals surface area contributed by atoms with Gasteiger partial charge in [0.1, 0.15) is 5.82 Å². The number of aryl methyl sites for hydroxylation is 1. The third kappa shape index (κ3) is 3.97. The fourth-order valence-corrected chi connectivity index (χ4v) is 6.98. The summed E-state index contributed by atoms with van der Waals surface area (Å²) in [6, 6.07) is 12.4. The van der Waals surface area contributed by atoms with Crippen LogP contribution in [0.5, 0.6) is 0 Å². The zero-order valence-electron chi connectivity index (χ0n) is 17.6. The van der Waals surface area contributed by atoms with Gasteiger partial charge in [0.2, 0.25) is 0 Å². The van der Waals surface area contributed by atoms with Gasteiger partial charge in [0.25, 0.3) is 0 Å². The van der Waals surface area contributed by atoms with E-state index in [0.717, 1.165) is 52.0 Å². The quantitative estimate of drug-likeness (QED) is 0.462. The van der Waals surface area contributed by atoms with Gasteiger partial charge in [-0.25, -0.2) is 0 Å². The van der Waals surface area contributed by atoms with Gasteiger partial charge in [-0.15, -0.1) is 23.1 Å². The van der Waals surface area contributed by atoms with Crippen LogP contribution >= 0.6 is 39.0 Å². The third-order valence-electron chi connectivity index (χ3n) is 5.71. The van der Waals surface area contributed by atoms with E-state index in [-0.39, 0.29) is 11.7 Å². The number of thioether (sulfide) groups is 1. The lowest BCUT2D eigenvalue weighted by atomic mass is 9.76. The first kappa shape index (κ1) is 22.2. The number of halogens is 1. The van der Waals surface area contributed by atoms with Gasteiger partial charge in [0, 0.05) is 32.7 Å². The standard InChI is InChI=1S/C24H24BrN3OS2/c1-3-16-12-17(24(31-16)30-4-2)21-18(13-26)23(27)28(15-10-8-14(25)9-11-15)19-6-5-7-20(29)22(19)21/h8-12,21H,3-7,27H2,1-2H3/t21-/m0/s1. The molecule has 7 heteroatoms. The number of nitrogens with zero attached hydrogens (tertiary/aromatic N) is 2. The Bertz CT molecular complexity index is 1120. The van der Waals surface area contributed by atoms with Gasteiger partial charge in [-0.1, -0.05) is 29.8 Å². The predicted molar refractivity (Wildman–Crippen MR) is 132 cm³/mol. The highest BCUT2D eigenvalue weighted by molar-refractivity contribution is 9.10. The minimum atomic E-state index is -0.384. The van der Waals surface area contributed by atoms with E-state index in [1.54, 1.807) is 23.1 Å². The van der Waals surface area contributed by atoms with Crippen LogP contribution in [0.25, 0.3) is 0 Å². The summed E-state index contributed by atoms with van der Waals surface area (Å²) in [4.78, 5) is 16.5. The van der Waals surface area contributed by atoms with Crippen molar-refractivity contribution in [1.29, 1.82) is 5.26 Å². The van der Waals surface area contributed by atoms with Crippen LogP contribution in [0.15, 0.2) is 61.7 Å². The van der Waals surface area contributed by atoms with Crippen LogP contribution in [0.2, 0.25) is 0 Å². The molecule has 1 aliphatic heterocycles. The fraction of sp³-hybridized carbons (Fsp3) is 0.333. The molecule has 0 saturated heterocycles. The summed E-state index contributed by atoms with van der Waals surface area (Å²) in [6.07, 6.45) is 3.02. The molecule has 1 atom stereocenters. The molecule has 1 aliphatic carbocycles. The van der Waals surface area contributed by atoms with Crippen molar-refractivity contribution in [2.24, 2.45) is 5.73 Å². The normalized spacial score (nSPS) is 19.0. The number of rotatable bonds is 5. The molecule has 0 saturated carbocycles. The Kier molecular flexibility index (Phi) is 6.61. The highest BCUT2D eigenvalue weighted by atomic mass is 79.9. The van der Waals surface area contributed by atoms with Gasteiger partial charge in [0.15, 0.2) is 5.78 Å². The first-order chi connectivity index (χ1) is 15.0. The molecule has 0 bridgehead atoms. The van der Waals surface area contributed by atoms with Crippen LogP contribution in [0.3, 0.4) is 0 Å². The molecule has 1 aromatic carbocycles. The molecule has 0 radical (unpaired) electrons. The number of nitriles is 1. The second-order valence-corrected chi connectivity index (χ2v) is 11.1. The molecule has 2 heterocycles. The zero-order chi connectivity index (χ0) is 22.1. The lowest BCUT2D eigenvalue weighted by Gasteiger charge is -2.39. The van der Waals surface area contributed by atoms with Crippen molar-refractivity contribution in [3.63, 3.8) is 0 Å². The monoisotopic (exact) mass is 513 g/mol. The number of hydrogen-bond donors (Lipinski definition) is 1. The SMILES string of the molecule is CCSc1sc(CC)cc1[C@H]1C(C#N)=C(N)N(c2ccc(Br)cc2)C2=C1C(=O)CCC2. The number of nitrogens with two attached hydrogens (primary N) is 1. The van der Waals surface area contributed by atoms with Gasteiger partial charge in [-0.05, 0) is 60.9 Å². The van der Waals surface area contributed by atoms with Crippen molar-refractivity contribution in [1.82, 2.24) is 0 Å². The van der Waals surface area contributed by atoms with Crippen LogP contribution in [-0.4, -0.2) is 11.5 Å². The van der Waals surface area contributed by atoms with Crippen LogP contribution in [-0.2, 0) is 11.2 Å². The van der Waals surface area contributed by atoms with Gasteiger partial charge < -0.3 is 5.73 Å². The Hall–Kier alpha value is -2.01. The Labute approximate surface area is 199 Å². The number of allylic oxidation sites excluding steroid dienone is 3. The van der Waals surface area contributed by atoms with E-state index < -0.39 is 0 Å². The third-order valence-corrected chi connectivity index (χ3v) is 8.72. The number of carbonyl (C=O) groups is 1. The first-order valence-corrected chi connectivity index (χ1v) is 13.1. The van der Waals surface area contributed by atoms with Crippen molar-refractivity contribution in [2.75, 3.05) is 10.7 Å². The Morgan fingerprint density at radius 1 is 1.29 bits per heavy atom. The summed E-state index contributed by atoms with van der Waals surface area (Å²) in [5, 5.41) is 10.2. The predicted octanol–water partition coefficient (Wildman–Crippen LogP) is 6.49. The summed E-state index contributed by atoms with van der Waals surface area (Å²) in [7, 11) is 0. The molecule has 1 aromatic heterocycles. The first-order valence-electron chi connectivity index (χ1n) is 10.5. The van der Waals surface area contributed by atoms with E-state index in [0.29, 0.717) is 17.8 Å².